The van der Waals surface area contributed by atoms with Gasteiger partial charge in [-0.1, -0.05) is 29.3 Å². The second-order valence-electron chi connectivity index (χ2n) is 7.61. The number of nitrogens with one attached hydrogen (secondary N) is 1. The van der Waals surface area contributed by atoms with Crippen molar-refractivity contribution in [3.05, 3.63) is 92.7 Å². The van der Waals surface area contributed by atoms with Crippen LogP contribution in [0.1, 0.15) is 10.5 Å². The van der Waals surface area contributed by atoms with Gasteiger partial charge < -0.3 is 24.3 Å². The van der Waals surface area contributed by atoms with E-state index in [2.05, 4.69) is 10.4 Å². The number of carbonyl (C=O) groups is 1. The van der Waals surface area contributed by atoms with E-state index in [1.165, 1.54) is 55.3 Å². The van der Waals surface area contributed by atoms with Crippen molar-refractivity contribution in [3.8, 4) is 28.7 Å². The fourth-order valence-corrected chi connectivity index (χ4v) is 3.79. The summed E-state index contributed by atoms with van der Waals surface area (Å²) in [6, 6.07) is 15.1. The number of non-ortho nitro benzene ring substituents is 1. The number of amides is 1. The van der Waals surface area contributed by atoms with E-state index in [1.807, 2.05) is 0 Å². The van der Waals surface area contributed by atoms with Gasteiger partial charge in [0.2, 0.25) is 5.75 Å². The third-order valence-corrected chi connectivity index (χ3v) is 5.61. The van der Waals surface area contributed by atoms with Gasteiger partial charge in [-0.25, -0.2) is 4.68 Å². The van der Waals surface area contributed by atoms with Gasteiger partial charge in [0.15, 0.2) is 23.9 Å². The van der Waals surface area contributed by atoms with Gasteiger partial charge in [-0.05, 0) is 36.4 Å². The molecule has 1 heterocycles. The van der Waals surface area contributed by atoms with Crippen LogP contribution in [0.2, 0.25) is 10.0 Å². The van der Waals surface area contributed by atoms with E-state index >= 15 is 0 Å². The molecule has 11 nitrogen and oxygen atoms in total. The maximum Gasteiger partial charge on any atom is 0.276 e. The first-order valence-corrected chi connectivity index (χ1v) is 11.6. The van der Waals surface area contributed by atoms with Crippen molar-refractivity contribution in [2.24, 2.45) is 0 Å². The predicted octanol–water partition coefficient (Wildman–Crippen LogP) is 6.20. The smallest absolute Gasteiger partial charge is 0.276 e. The molecule has 0 aliphatic rings. The molecular weight excluding hydrogens is 539 g/mol. The second kappa shape index (κ2) is 11.7. The highest BCUT2D eigenvalue weighted by Crippen LogP contribution is 2.37. The molecule has 13 heteroatoms. The van der Waals surface area contributed by atoms with Gasteiger partial charge in [-0.15, -0.1) is 0 Å². The number of nitro groups is 1. The molecular formula is C25H20Cl2N4O7. The summed E-state index contributed by atoms with van der Waals surface area (Å²) in [4.78, 5) is 23.7. The Kier molecular flexibility index (Phi) is 8.19. The molecule has 0 saturated carbocycles. The number of methoxy groups -OCH3 is 2. The third kappa shape index (κ3) is 6.25. The van der Waals surface area contributed by atoms with Crippen molar-refractivity contribution >= 4 is 40.5 Å². The standard InChI is InChI=1S/C25H20Cl2N4O7/c1-35-22-4-3-5-23(36-2)24(22)37-14-30-9-8-20(29-30)25(32)28-16-11-17(31(33)34)13-18(12-16)38-21-7-6-15(26)10-19(21)27/h3-13H,14H2,1-2H3,(H,28,32). The monoisotopic (exact) mass is 558 g/mol. The van der Waals surface area contributed by atoms with Crippen LogP contribution in [-0.4, -0.2) is 34.8 Å². The van der Waals surface area contributed by atoms with E-state index in [0.29, 0.717) is 22.3 Å². The van der Waals surface area contributed by atoms with Crippen molar-refractivity contribution in [1.82, 2.24) is 9.78 Å². The minimum atomic E-state index is -0.607. The Hall–Kier alpha value is -4.48. The molecule has 1 N–H and O–H groups in total. The number of anilines is 1. The SMILES string of the molecule is COc1cccc(OC)c1OCn1ccc(C(=O)Nc2cc(Oc3ccc(Cl)cc3Cl)cc([N+](=O)[O-])c2)n1. The maximum atomic E-state index is 12.8. The lowest BCUT2D eigenvalue weighted by Crippen LogP contribution is -2.14. The molecule has 0 atom stereocenters. The van der Waals surface area contributed by atoms with Crippen LogP contribution in [-0.2, 0) is 6.73 Å². The molecule has 3 aromatic carbocycles. The summed E-state index contributed by atoms with van der Waals surface area (Å²) in [5.74, 6) is 1.04. The van der Waals surface area contributed by atoms with E-state index in [9.17, 15) is 14.9 Å². The van der Waals surface area contributed by atoms with Crippen molar-refractivity contribution in [3.63, 3.8) is 0 Å². The van der Waals surface area contributed by atoms with Crippen molar-refractivity contribution in [1.29, 1.82) is 0 Å². The van der Waals surface area contributed by atoms with Gasteiger partial charge in [0, 0.05) is 23.4 Å². The number of nitrogens with zero attached hydrogens (tertiary/aromatic N) is 3. The van der Waals surface area contributed by atoms with Gasteiger partial charge in [0.1, 0.15) is 11.5 Å². The minimum Gasteiger partial charge on any atom is -0.493 e. The normalized spacial score (nSPS) is 10.5. The Morgan fingerprint density at radius 2 is 1.76 bits per heavy atom. The van der Waals surface area contributed by atoms with E-state index < -0.39 is 10.8 Å². The van der Waals surface area contributed by atoms with E-state index in [4.69, 9.17) is 42.1 Å². The largest absolute Gasteiger partial charge is 0.493 e. The van der Waals surface area contributed by atoms with Crippen LogP contribution in [0.4, 0.5) is 11.4 Å². The quantitative estimate of drug-likeness (QED) is 0.180. The van der Waals surface area contributed by atoms with Crippen LogP contribution >= 0.6 is 23.2 Å². The Labute approximate surface area is 226 Å². The van der Waals surface area contributed by atoms with Gasteiger partial charge in [0.05, 0.1) is 35.9 Å². The number of rotatable bonds is 10. The summed E-state index contributed by atoms with van der Waals surface area (Å²) < 4.78 is 23.5. The number of carbonyl (C=O) groups excluding carboxylic acids is 1. The molecule has 0 fully saturated rings. The zero-order chi connectivity index (χ0) is 27.2. The highest BCUT2D eigenvalue weighted by molar-refractivity contribution is 6.35. The van der Waals surface area contributed by atoms with Crippen molar-refractivity contribution in [2.45, 2.75) is 6.73 Å². The summed E-state index contributed by atoms with van der Waals surface area (Å²) in [6.07, 6.45) is 1.54. The minimum absolute atomic E-state index is 0.0410. The first-order chi connectivity index (χ1) is 18.3. The fraction of sp³-hybridized carbons (Fsp3) is 0.120. The van der Waals surface area contributed by atoms with Gasteiger partial charge in [0.25, 0.3) is 11.6 Å². The lowest BCUT2D eigenvalue weighted by Gasteiger charge is -2.13. The van der Waals surface area contributed by atoms with E-state index in [-0.39, 0.29) is 40.3 Å². The Morgan fingerprint density at radius 3 is 2.42 bits per heavy atom. The van der Waals surface area contributed by atoms with Crippen LogP contribution in [0, 0.1) is 10.1 Å². The molecule has 196 valence electrons. The topological polar surface area (TPSA) is 127 Å². The lowest BCUT2D eigenvalue weighted by molar-refractivity contribution is -0.384. The molecule has 4 rings (SSSR count). The first-order valence-electron chi connectivity index (χ1n) is 10.9. The molecule has 0 bridgehead atoms. The summed E-state index contributed by atoms with van der Waals surface area (Å²) in [5.41, 5.74) is -0.128. The van der Waals surface area contributed by atoms with Gasteiger partial charge >= 0.3 is 0 Å². The molecule has 0 saturated heterocycles. The summed E-state index contributed by atoms with van der Waals surface area (Å²) in [7, 11) is 3.01. The number of benzene rings is 3. The van der Waals surface area contributed by atoms with E-state index in [0.717, 1.165) is 0 Å². The maximum absolute atomic E-state index is 12.8. The lowest BCUT2D eigenvalue weighted by atomic mass is 10.2. The highest BCUT2D eigenvalue weighted by Gasteiger charge is 2.17. The van der Waals surface area contributed by atoms with Gasteiger partial charge in [-0.2, -0.15) is 5.10 Å². The Bertz CT molecular complexity index is 1470. The van der Waals surface area contributed by atoms with Gasteiger partial charge in [-0.3, -0.25) is 14.9 Å². The number of hydrogen-bond acceptors (Lipinski definition) is 8. The third-order valence-electron chi connectivity index (χ3n) is 5.08. The van der Waals surface area contributed by atoms with Crippen molar-refractivity contribution in [2.75, 3.05) is 19.5 Å². The zero-order valence-corrected chi connectivity index (χ0v) is 21.5. The number of halogens is 2. The van der Waals surface area contributed by atoms with Crippen LogP contribution < -0.4 is 24.3 Å². The average molecular weight is 559 g/mol. The number of hydrogen-bond donors (Lipinski definition) is 1. The van der Waals surface area contributed by atoms with Crippen molar-refractivity contribution < 1.29 is 28.7 Å². The Morgan fingerprint density at radius 1 is 1.03 bits per heavy atom. The van der Waals surface area contributed by atoms with E-state index in [1.54, 1.807) is 30.5 Å². The summed E-state index contributed by atoms with van der Waals surface area (Å²) in [5, 5.41) is 18.9. The first kappa shape index (κ1) is 26.6. The zero-order valence-electron chi connectivity index (χ0n) is 20.0. The molecule has 0 unspecified atom stereocenters. The predicted molar refractivity (Wildman–Crippen MR) is 140 cm³/mol. The second-order valence-corrected chi connectivity index (χ2v) is 8.45. The van der Waals surface area contributed by atoms with Crippen LogP contribution in [0.25, 0.3) is 0 Å². The molecule has 0 aliphatic heterocycles. The molecule has 0 aliphatic carbocycles. The van der Waals surface area contributed by atoms with Crippen LogP contribution in [0.15, 0.2) is 66.9 Å². The molecule has 4 aromatic rings. The number of ether oxygens (including phenoxy) is 4. The summed E-state index contributed by atoms with van der Waals surface area (Å²) >= 11 is 12.0. The Balaban J connectivity index is 1.49. The summed E-state index contributed by atoms with van der Waals surface area (Å²) in [6.45, 7) is -0.0410. The number of aromatic nitrogens is 2. The van der Waals surface area contributed by atoms with Crippen LogP contribution in [0.5, 0.6) is 28.7 Å². The highest BCUT2D eigenvalue weighted by atomic mass is 35.5. The average Bonchev–Trinajstić information content (AvgIpc) is 3.38. The van der Waals surface area contributed by atoms with Crippen LogP contribution in [0.3, 0.4) is 0 Å². The molecule has 38 heavy (non-hydrogen) atoms. The number of para-hydroxylation sites is 1. The molecule has 0 radical (unpaired) electrons. The fourth-order valence-electron chi connectivity index (χ4n) is 3.34. The molecule has 1 amide bonds. The number of nitro benzene ring substituents is 1. The molecule has 1 aromatic heterocycles. The molecule has 0 spiro atoms.